The zero-order chi connectivity index (χ0) is 28.7. The second-order valence-electron chi connectivity index (χ2n) is 10.9. The molecule has 0 unspecified atom stereocenters. The molecule has 1 aliphatic carbocycles. The number of aromatic nitrogens is 1. The summed E-state index contributed by atoms with van der Waals surface area (Å²) in [4.78, 5) is 19.1. The Hall–Kier alpha value is -3.27. The van der Waals surface area contributed by atoms with E-state index in [0.717, 1.165) is 61.9 Å². The molecule has 2 aromatic rings. The summed E-state index contributed by atoms with van der Waals surface area (Å²) in [6.07, 6.45) is 10.4. The first-order chi connectivity index (χ1) is 20.0. The lowest BCUT2D eigenvalue weighted by Gasteiger charge is -2.37. The van der Waals surface area contributed by atoms with Crippen molar-refractivity contribution in [2.75, 3.05) is 58.4 Å². The fourth-order valence-corrected chi connectivity index (χ4v) is 5.56. The summed E-state index contributed by atoms with van der Waals surface area (Å²) in [5.74, 6) is 2.58. The maximum Gasteiger partial charge on any atom is 0.319 e. The van der Waals surface area contributed by atoms with E-state index in [-0.39, 0.29) is 6.03 Å². The highest BCUT2D eigenvalue weighted by Crippen LogP contribution is 2.37. The Morgan fingerprint density at radius 2 is 2.12 bits per heavy atom. The molecule has 2 N–H and O–H groups in total. The number of amides is 2. The van der Waals surface area contributed by atoms with Crippen LogP contribution in [0.15, 0.2) is 42.0 Å². The lowest BCUT2D eigenvalue weighted by atomic mass is 9.85. The smallest absolute Gasteiger partial charge is 0.319 e. The van der Waals surface area contributed by atoms with Crippen molar-refractivity contribution >= 4 is 35.5 Å². The number of fused-ring (bicyclic) bond motifs is 1. The van der Waals surface area contributed by atoms with Crippen LogP contribution in [0.1, 0.15) is 39.0 Å². The third kappa shape index (κ3) is 7.33. The molecule has 1 aromatic heterocycles. The van der Waals surface area contributed by atoms with Gasteiger partial charge in [0.05, 0.1) is 43.0 Å². The van der Waals surface area contributed by atoms with Gasteiger partial charge in [0.1, 0.15) is 17.3 Å². The molecule has 2 fully saturated rings. The van der Waals surface area contributed by atoms with E-state index < -0.39 is 0 Å². The Morgan fingerprint density at radius 3 is 2.85 bits per heavy atom. The zero-order valence-electron chi connectivity index (χ0n) is 23.8. The van der Waals surface area contributed by atoms with Crippen molar-refractivity contribution in [2.24, 2.45) is 5.41 Å². The van der Waals surface area contributed by atoms with E-state index in [9.17, 15) is 4.79 Å². The van der Waals surface area contributed by atoms with Gasteiger partial charge >= 0.3 is 6.03 Å². The fourth-order valence-electron chi connectivity index (χ4n) is 5.34. The van der Waals surface area contributed by atoms with Crippen molar-refractivity contribution in [2.45, 2.75) is 39.0 Å². The molecule has 2 amide bonds. The van der Waals surface area contributed by atoms with E-state index >= 15 is 0 Å². The SMILES string of the molecule is CCCNC(=O)Nc1ccc(Oc2ccnc3c2=CC(OC)=C(OCCCCN2CCC4(COC4)C2)CC=3)cc1Cl. The molecule has 220 valence electrons. The van der Waals surface area contributed by atoms with Crippen LogP contribution >= 0.6 is 11.6 Å². The first-order valence-corrected chi connectivity index (χ1v) is 14.8. The maximum atomic E-state index is 12.0. The summed E-state index contributed by atoms with van der Waals surface area (Å²) in [6, 6.07) is 6.66. The number of carbonyl (C=O) groups is 1. The highest BCUT2D eigenvalue weighted by molar-refractivity contribution is 6.33. The topological polar surface area (TPSA) is 94.2 Å². The van der Waals surface area contributed by atoms with Crippen molar-refractivity contribution in [1.82, 2.24) is 15.2 Å². The van der Waals surface area contributed by atoms with Crippen molar-refractivity contribution in [3.05, 3.63) is 57.6 Å². The number of nitrogens with zero attached hydrogens (tertiary/aromatic N) is 2. The van der Waals surface area contributed by atoms with Crippen LogP contribution in [-0.4, -0.2) is 69.0 Å². The number of likely N-dealkylation sites (tertiary alicyclic amines) is 1. The number of ether oxygens (including phenoxy) is 4. The van der Waals surface area contributed by atoms with Crippen molar-refractivity contribution in [1.29, 1.82) is 0 Å². The van der Waals surface area contributed by atoms with E-state index in [0.29, 0.717) is 53.0 Å². The third-order valence-electron chi connectivity index (χ3n) is 7.66. The average molecular weight is 583 g/mol. The molecule has 0 bridgehead atoms. The van der Waals surface area contributed by atoms with Gasteiger partial charge in [0.25, 0.3) is 0 Å². The molecule has 0 saturated carbocycles. The summed E-state index contributed by atoms with van der Waals surface area (Å²) < 4.78 is 23.6. The summed E-state index contributed by atoms with van der Waals surface area (Å²) >= 11 is 6.44. The van der Waals surface area contributed by atoms with Gasteiger partial charge in [-0.3, -0.25) is 4.98 Å². The number of hydrogen-bond acceptors (Lipinski definition) is 7. The molecule has 3 aliphatic rings. The van der Waals surface area contributed by atoms with E-state index in [2.05, 4.69) is 20.5 Å². The van der Waals surface area contributed by atoms with Crippen molar-refractivity contribution < 1.29 is 23.7 Å². The molecular weight excluding hydrogens is 544 g/mol. The number of methoxy groups -OCH3 is 1. The minimum absolute atomic E-state index is 0.298. The molecule has 3 heterocycles. The summed E-state index contributed by atoms with van der Waals surface area (Å²) in [5.41, 5.74) is 0.940. The summed E-state index contributed by atoms with van der Waals surface area (Å²) in [5, 5.41) is 7.48. The van der Waals surface area contributed by atoms with E-state index in [1.165, 1.54) is 13.0 Å². The minimum atomic E-state index is -0.298. The van der Waals surface area contributed by atoms with Crippen LogP contribution in [0, 0.1) is 5.41 Å². The van der Waals surface area contributed by atoms with Crippen LogP contribution in [0.25, 0.3) is 12.2 Å². The van der Waals surface area contributed by atoms with Gasteiger partial charge in [0.2, 0.25) is 0 Å². The number of urea groups is 1. The predicted molar refractivity (Wildman–Crippen MR) is 159 cm³/mol. The molecule has 9 nitrogen and oxygen atoms in total. The Labute approximate surface area is 246 Å². The van der Waals surface area contributed by atoms with Gasteiger partial charge in [-0.05, 0) is 63.0 Å². The first kappa shape index (κ1) is 29.2. The zero-order valence-corrected chi connectivity index (χ0v) is 24.6. The van der Waals surface area contributed by atoms with Gasteiger partial charge in [0, 0.05) is 42.4 Å². The molecule has 10 heteroatoms. The van der Waals surface area contributed by atoms with Crippen LogP contribution in [0.2, 0.25) is 5.02 Å². The van der Waals surface area contributed by atoms with Crippen LogP contribution in [0.5, 0.6) is 11.5 Å². The Bertz CT molecular complexity index is 1390. The second-order valence-corrected chi connectivity index (χ2v) is 11.3. The molecule has 41 heavy (non-hydrogen) atoms. The number of anilines is 1. The predicted octanol–water partition coefficient (Wildman–Crippen LogP) is 4.40. The molecule has 2 aliphatic heterocycles. The number of allylic oxidation sites excluding steroid dienone is 2. The molecule has 5 rings (SSSR count). The second kappa shape index (κ2) is 13.6. The number of pyridine rings is 1. The van der Waals surface area contributed by atoms with Gasteiger partial charge in [-0.15, -0.1) is 0 Å². The normalized spacial score (nSPS) is 17.5. The standard InChI is InChI=1S/C31H39ClN4O5/c1-3-12-34-30(37)35-26-7-6-22(17-24(26)32)41-27-10-13-33-25-8-9-28(29(38-2)18-23(25)27)40-16-5-4-14-36-15-11-31(19-36)20-39-21-31/h6-8,10,13,17-18H,3-5,9,11-12,14-16,19-21H2,1-2H3,(H2,34,35,37). The Morgan fingerprint density at radius 1 is 1.24 bits per heavy atom. The van der Waals surface area contributed by atoms with Crippen LogP contribution in [-0.2, 0) is 14.2 Å². The number of carbonyl (C=O) groups excluding carboxylic acids is 1. The maximum absolute atomic E-state index is 12.0. The number of halogens is 1. The lowest BCUT2D eigenvalue weighted by molar-refractivity contribution is -0.104. The third-order valence-corrected chi connectivity index (χ3v) is 7.98. The van der Waals surface area contributed by atoms with E-state index in [1.807, 2.05) is 19.1 Å². The van der Waals surface area contributed by atoms with Gasteiger partial charge in [-0.2, -0.15) is 0 Å². The first-order valence-electron chi connectivity index (χ1n) is 14.4. The monoisotopic (exact) mass is 582 g/mol. The molecule has 2 saturated heterocycles. The number of unbranched alkanes of at least 4 members (excludes halogenated alkanes) is 1. The lowest BCUT2D eigenvalue weighted by Crippen LogP contribution is -2.44. The molecule has 1 spiro atoms. The summed E-state index contributed by atoms with van der Waals surface area (Å²) in [6.45, 7) is 8.50. The Balaban J connectivity index is 1.21. The largest absolute Gasteiger partial charge is 0.494 e. The summed E-state index contributed by atoms with van der Waals surface area (Å²) in [7, 11) is 1.65. The average Bonchev–Trinajstić information content (AvgIpc) is 3.31. The molecular formula is C31H39ClN4O5. The minimum Gasteiger partial charge on any atom is -0.494 e. The number of rotatable bonds is 12. The fraction of sp³-hybridized carbons (Fsp3) is 0.484. The highest BCUT2D eigenvalue weighted by Gasteiger charge is 2.43. The van der Waals surface area contributed by atoms with Crippen molar-refractivity contribution in [3.63, 3.8) is 0 Å². The van der Waals surface area contributed by atoms with Gasteiger partial charge in [0.15, 0.2) is 5.76 Å². The number of benzene rings is 1. The van der Waals surface area contributed by atoms with Crippen LogP contribution in [0.4, 0.5) is 10.5 Å². The van der Waals surface area contributed by atoms with E-state index in [1.54, 1.807) is 37.6 Å². The van der Waals surface area contributed by atoms with Crippen molar-refractivity contribution in [3.8, 4) is 11.5 Å². The van der Waals surface area contributed by atoms with Crippen LogP contribution in [0.3, 0.4) is 0 Å². The highest BCUT2D eigenvalue weighted by atomic mass is 35.5. The number of hydrogen-bond donors (Lipinski definition) is 2. The number of nitrogens with one attached hydrogen (secondary N) is 2. The van der Waals surface area contributed by atoms with Gasteiger partial charge < -0.3 is 34.5 Å². The van der Waals surface area contributed by atoms with Gasteiger partial charge in [-0.1, -0.05) is 24.6 Å². The van der Waals surface area contributed by atoms with E-state index in [4.69, 9.17) is 30.5 Å². The molecule has 0 radical (unpaired) electrons. The van der Waals surface area contributed by atoms with Gasteiger partial charge in [-0.25, -0.2) is 4.79 Å². The van der Waals surface area contributed by atoms with Crippen LogP contribution < -0.4 is 25.9 Å². The molecule has 0 atom stereocenters. The Kier molecular flexibility index (Phi) is 9.69. The quantitative estimate of drug-likeness (QED) is 0.358. The molecule has 1 aromatic carbocycles.